The van der Waals surface area contributed by atoms with Crippen LogP contribution in [0.15, 0.2) is 37.1 Å². The fourth-order valence-corrected chi connectivity index (χ4v) is 3.34. The van der Waals surface area contributed by atoms with Crippen LogP contribution < -0.4 is 5.32 Å². The number of rotatable bonds is 5. The van der Waals surface area contributed by atoms with E-state index in [0.717, 1.165) is 29.7 Å². The highest BCUT2D eigenvalue weighted by Crippen LogP contribution is 2.28. The van der Waals surface area contributed by atoms with E-state index in [-0.39, 0.29) is 13.0 Å². The number of piperazine rings is 1. The van der Waals surface area contributed by atoms with Crippen LogP contribution in [-0.2, 0) is 6.42 Å². The third-order valence-corrected chi connectivity index (χ3v) is 4.58. The summed E-state index contributed by atoms with van der Waals surface area (Å²) >= 11 is 0. The van der Waals surface area contributed by atoms with E-state index in [1.165, 1.54) is 0 Å². The molecule has 6 nitrogen and oxygen atoms in total. The first-order valence-electron chi connectivity index (χ1n) is 8.37. The summed E-state index contributed by atoms with van der Waals surface area (Å²) in [6, 6.07) is 5.69. The molecule has 0 unspecified atom stereocenters. The summed E-state index contributed by atoms with van der Waals surface area (Å²) in [5, 5.41) is 11.6. The molecule has 3 heterocycles. The van der Waals surface area contributed by atoms with E-state index in [9.17, 15) is 8.78 Å². The summed E-state index contributed by atoms with van der Waals surface area (Å²) in [5.74, 6) is -2.76. The number of alkyl halides is 2. The van der Waals surface area contributed by atoms with Gasteiger partial charge in [-0.25, -0.2) is 8.78 Å². The van der Waals surface area contributed by atoms with Crippen molar-refractivity contribution in [2.24, 2.45) is 0 Å². The molecular formula is C17H20F2N6. The fourth-order valence-electron chi connectivity index (χ4n) is 3.34. The van der Waals surface area contributed by atoms with E-state index in [4.69, 9.17) is 0 Å². The van der Waals surface area contributed by atoms with Gasteiger partial charge < -0.3 is 10.3 Å². The molecule has 0 amide bonds. The number of H-pyrrole nitrogens is 1. The number of benzene rings is 1. The molecule has 8 heteroatoms. The minimum Gasteiger partial charge on any atom is -0.361 e. The molecule has 0 bridgehead atoms. The van der Waals surface area contributed by atoms with Gasteiger partial charge in [-0.15, -0.1) is 10.2 Å². The molecule has 0 radical (unpaired) electrons. The molecule has 1 aliphatic heterocycles. The molecule has 0 atom stereocenters. The Bertz CT molecular complexity index is 836. The van der Waals surface area contributed by atoms with Gasteiger partial charge in [-0.05, 0) is 23.8 Å². The first-order chi connectivity index (χ1) is 12.1. The van der Waals surface area contributed by atoms with Crippen LogP contribution in [0.25, 0.3) is 16.6 Å². The highest BCUT2D eigenvalue weighted by atomic mass is 19.3. The summed E-state index contributed by atoms with van der Waals surface area (Å²) in [5.41, 5.74) is 2.33. The van der Waals surface area contributed by atoms with Gasteiger partial charge in [-0.3, -0.25) is 9.47 Å². The van der Waals surface area contributed by atoms with Crippen molar-refractivity contribution in [3.8, 4) is 5.69 Å². The number of hydrogen-bond acceptors (Lipinski definition) is 4. The average molecular weight is 346 g/mol. The zero-order valence-corrected chi connectivity index (χ0v) is 13.8. The van der Waals surface area contributed by atoms with Gasteiger partial charge in [0.05, 0.1) is 6.54 Å². The Morgan fingerprint density at radius 2 is 1.88 bits per heavy atom. The lowest BCUT2D eigenvalue weighted by atomic mass is 10.0. The SMILES string of the molecule is FC(F)(Cc1c[nH]c2ccc(-n3cnnc3)cc12)CN1CCNCC1. The molecule has 2 aromatic heterocycles. The molecule has 0 spiro atoms. The molecule has 0 aliphatic carbocycles. The maximum Gasteiger partial charge on any atom is 0.264 e. The van der Waals surface area contributed by atoms with Crippen LogP contribution in [0, 0.1) is 0 Å². The van der Waals surface area contributed by atoms with Gasteiger partial charge in [0.25, 0.3) is 5.92 Å². The second kappa shape index (κ2) is 6.53. The van der Waals surface area contributed by atoms with E-state index in [1.807, 2.05) is 23.1 Å². The summed E-state index contributed by atoms with van der Waals surface area (Å²) in [7, 11) is 0. The molecule has 25 heavy (non-hydrogen) atoms. The van der Waals surface area contributed by atoms with Crippen molar-refractivity contribution in [3.63, 3.8) is 0 Å². The van der Waals surface area contributed by atoms with Crippen molar-refractivity contribution in [3.05, 3.63) is 42.6 Å². The standard InChI is InChI=1S/C17H20F2N6/c18-17(19,10-24-5-3-20-4-6-24)8-13-9-21-16-2-1-14(7-15(13)16)25-11-22-23-12-25/h1-2,7,9,11-12,20-21H,3-6,8,10H2. The normalized spacial score (nSPS) is 16.6. The summed E-state index contributed by atoms with van der Waals surface area (Å²) in [6.07, 6.45) is 4.59. The lowest BCUT2D eigenvalue weighted by molar-refractivity contribution is -0.0334. The maximum absolute atomic E-state index is 14.6. The number of aromatic nitrogens is 4. The molecule has 1 aromatic carbocycles. The Kier molecular flexibility index (Phi) is 4.22. The predicted molar refractivity (Wildman–Crippen MR) is 91.2 cm³/mol. The Hall–Kier alpha value is -2.32. The van der Waals surface area contributed by atoms with Crippen LogP contribution >= 0.6 is 0 Å². The minimum atomic E-state index is -2.76. The fraction of sp³-hybridized carbons (Fsp3) is 0.412. The summed E-state index contributed by atoms with van der Waals surface area (Å²) < 4.78 is 30.9. The number of halogens is 2. The molecular weight excluding hydrogens is 326 g/mol. The Labute approximate surface area is 143 Å². The van der Waals surface area contributed by atoms with E-state index < -0.39 is 5.92 Å². The van der Waals surface area contributed by atoms with Crippen LogP contribution in [0.2, 0.25) is 0 Å². The second-order valence-electron chi connectivity index (χ2n) is 6.47. The van der Waals surface area contributed by atoms with Crippen LogP contribution in [0.1, 0.15) is 5.56 Å². The third kappa shape index (κ3) is 3.54. The molecule has 132 valence electrons. The van der Waals surface area contributed by atoms with Crippen LogP contribution in [-0.4, -0.2) is 63.3 Å². The monoisotopic (exact) mass is 346 g/mol. The number of fused-ring (bicyclic) bond motifs is 1. The lowest BCUT2D eigenvalue weighted by Crippen LogP contribution is -2.48. The average Bonchev–Trinajstić information content (AvgIpc) is 3.25. The highest BCUT2D eigenvalue weighted by molar-refractivity contribution is 5.85. The Morgan fingerprint density at radius 1 is 1.12 bits per heavy atom. The van der Waals surface area contributed by atoms with E-state index in [2.05, 4.69) is 20.5 Å². The van der Waals surface area contributed by atoms with E-state index in [0.29, 0.717) is 18.7 Å². The van der Waals surface area contributed by atoms with Crippen molar-refractivity contribution in [1.29, 1.82) is 0 Å². The van der Waals surface area contributed by atoms with Gasteiger partial charge >= 0.3 is 0 Å². The summed E-state index contributed by atoms with van der Waals surface area (Å²) in [6.45, 7) is 2.67. The molecule has 1 saturated heterocycles. The van der Waals surface area contributed by atoms with Gasteiger partial charge in [0.1, 0.15) is 12.7 Å². The lowest BCUT2D eigenvalue weighted by Gasteiger charge is -2.30. The summed E-state index contributed by atoms with van der Waals surface area (Å²) in [4.78, 5) is 4.92. The molecule has 1 aliphatic rings. The van der Waals surface area contributed by atoms with Gasteiger partial charge in [0.2, 0.25) is 0 Å². The van der Waals surface area contributed by atoms with Gasteiger partial charge in [0, 0.05) is 55.4 Å². The first kappa shape index (κ1) is 16.2. The zero-order chi connectivity index (χ0) is 17.3. The van der Waals surface area contributed by atoms with Crippen molar-refractivity contribution >= 4 is 10.9 Å². The van der Waals surface area contributed by atoms with Crippen molar-refractivity contribution in [1.82, 2.24) is 30.0 Å². The highest BCUT2D eigenvalue weighted by Gasteiger charge is 2.33. The topological polar surface area (TPSA) is 61.8 Å². The molecule has 2 N–H and O–H groups in total. The third-order valence-electron chi connectivity index (χ3n) is 4.58. The van der Waals surface area contributed by atoms with Crippen LogP contribution in [0.5, 0.6) is 0 Å². The zero-order valence-electron chi connectivity index (χ0n) is 13.8. The Balaban J connectivity index is 1.57. The smallest absolute Gasteiger partial charge is 0.264 e. The van der Waals surface area contributed by atoms with Crippen molar-refractivity contribution in [2.75, 3.05) is 32.7 Å². The number of aromatic amines is 1. The van der Waals surface area contributed by atoms with E-state index in [1.54, 1.807) is 23.4 Å². The van der Waals surface area contributed by atoms with Gasteiger partial charge in [0.15, 0.2) is 0 Å². The molecule has 4 rings (SSSR count). The van der Waals surface area contributed by atoms with Crippen molar-refractivity contribution < 1.29 is 8.78 Å². The van der Waals surface area contributed by atoms with Crippen LogP contribution in [0.3, 0.4) is 0 Å². The maximum atomic E-state index is 14.6. The molecule has 3 aromatic rings. The molecule has 0 saturated carbocycles. The number of nitrogens with one attached hydrogen (secondary N) is 2. The minimum absolute atomic E-state index is 0.202. The quantitative estimate of drug-likeness (QED) is 0.740. The van der Waals surface area contributed by atoms with E-state index >= 15 is 0 Å². The first-order valence-corrected chi connectivity index (χ1v) is 8.37. The predicted octanol–water partition coefficient (Wildman–Crippen LogP) is 1.83. The van der Waals surface area contributed by atoms with Crippen LogP contribution in [0.4, 0.5) is 8.78 Å². The van der Waals surface area contributed by atoms with Crippen molar-refractivity contribution in [2.45, 2.75) is 12.3 Å². The number of nitrogens with zero attached hydrogens (tertiary/aromatic N) is 4. The Morgan fingerprint density at radius 3 is 2.64 bits per heavy atom. The second-order valence-corrected chi connectivity index (χ2v) is 6.47. The largest absolute Gasteiger partial charge is 0.361 e. The molecule has 1 fully saturated rings. The van der Waals surface area contributed by atoms with Gasteiger partial charge in [-0.1, -0.05) is 0 Å². The number of hydrogen-bond donors (Lipinski definition) is 2. The van der Waals surface area contributed by atoms with Gasteiger partial charge in [-0.2, -0.15) is 0 Å².